The van der Waals surface area contributed by atoms with Gasteiger partial charge in [0.1, 0.15) is 5.54 Å². The Morgan fingerprint density at radius 2 is 2.16 bits per heavy atom. The van der Waals surface area contributed by atoms with E-state index in [4.69, 9.17) is 4.74 Å². The molecule has 0 aliphatic carbocycles. The molecule has 1 amide bonds. The number of amides is 1. The minimum Gasteiger partial charge on any atom is -0.480 e. The Balaban J connectivity index is 2.37. The maximum atomic E-state index is 11.9. The number of nitrogens with one attached hydrogen (secondary N) is 1. The van der Waals surface area contributed by atoms with Crippen LogP contribution in [-0.2, 0) is 14.3 Å². The lowest BCUT2D eigenvalue weighted by molar-refractivity contribution is -0.147. The van der Waals surface area contributed by atoms with Gasteiger partial charge in [0.25, 0.3) is 0 Å². The van der Waals surface area contributed by atoms with Gasteiger partial charge in [0.05, 0.1) is 6.10 Å². The number of carboxylic acids is 1. The molecular formula is C14H25NO4. The quantitative estimate of drug-likeness (QED) is 0.743. The second kappa shape index (κ2) is 7.48. The van der Waals surface area contributed by atoms with Crippen LogP contribution in [0.1, 0.15) is 58.8 Å². The number of carbonyl (C=O) groups is 2. The van der Waals surface area contributed by atoms with Crippen molar-refractivity contribution < 1.29 is 19.4 Å². The van der Waals surface area contributed by atoms with E-state index in [1.165, 1.54) is 0 Å². The normalized spacial score (nSPS) is 22.5. The van der Waals surface area contributed by atoms with Gasteiger partial charge in [-0.2, -0.15) is 0 Å². The number of hydrogen-bond donors (Lipinski definition) is 2. The molecule has 1 fully saturated rings. The number of carbonyl (C=O) groups excluding carboxylic acids is 1. The highest BCUT2D eigenvalue weighted by atomic mass is 16.5. The summed E-state index contributed by atoms with van der Waals surface area (Å²) in [5, 5.41) is 11.8. The first-order chi connectivity index (χ1) is 8.98. The van der Waals surface area contributed by atoms with Gasteiger partial charge in [-0.25, -0.2) is 4.79 Å². The number of rotatable bonds is 7. The third-order valence-corrected chi connectivity index (χ3v) is 3.60. The zero-order chi connectivity index (χ0) is 14.3. The number of ether oxygens (including phenoxy) is 1. The molecule has 1 aliphatic rings. The van der Waals surface area contributed by atoms with Crippen LogP contribution in [0.3, 0.4) is 0 Å². The summed E-state index contributed by atoms with van der Waals surface area (Å²) in [6, 6.07) is 0. The van der Waals surface area contributed by atoms with Crippen molar-refractivity contribution in [3.63, 3.8) is 0 Å². The fraction of sp³-hybridized carbons (Fsp3) is 0.857. The molecule has 5 nitrogen and oxygen atoms in total. The Morgan fingerprint density at radius 1 is 1.42 bits per heavy atom. The zero-order valence-corrected chi connectivity index (χ0v) is 11.9. The lowest BCUT2D eigenvalue weighted by Gasteiger charge is -2.27. The Hall–Kier alpha value is -1.10. The van der Waals surface area contributed by atoms with Crippen molar-refractivity contribution in [3.8, 4) is 0 Å². The predicted molar refractivity (Wildman–Crippen MR) is 71.9 cm³/mol. The maximum Gasteiger partial charge on any atom is 0.329 e. The molecule has 0 aromatic rings. The first-order valence-corrected chi connectivity index (χ1v) is 7.14. The molecule has 0 spiro atoms. The van der Waals surface area contributed by atoms with Gasteiger partial charge in [-0.15, -0.1) is 0 Å². The van der Waals surface area contributed by atoms with Gasteiger partial charge >= 0.3 is 5.97 Å². The lowest BCUT2D eigenvalue weighted by atomic mass is 9.95. The molecular weight excluding hydrogens is 246 g/mol. The summed E-state index contributed by atoms with van der Waals surface area (Å²) in [4.78, 5) is 23.1. The Labute approximate surface area is 114 Å². The van der Waals surface area contributed by atoms with Crippen molar-refractivity contribution in [2.45, 2.75) is 70.4 Å². The highest BCUT2D eigenvalue weighted by molar-refractivity contribution is 5.86. The summed E-state index contributed by atoms with van der Waals surface area (Å²) in [6.45, 7) is 4.24. The molecule has 0 bridgehead atoms. The van der Waals surface area contributed by atoms with Crippen LogP contribution in [-0.4, -0.2) is 35.2 Å². The molecule has 1 rings (SSSR count). The Kier molecular flexibility index (Phi) is 6.28. The molecule has 1 heterocycles. The summed E-state index contributed by atoms with van der Waals surface area (Å²) >= 11 is 0. The van der Waals surface area contributed by atoms with Gasteiger partial charge in [-0.05, 0) is 39.0 Å². The fourth-order valence-electron chi connectivity index (χ4n) is 2.42. The Bertz CT molecular complexity index is 313. The Morgan fingerprint density at radius 3 is 2.68 bits per heavy atom. The highest BCUT2D eigenvalue weighted by Crippen LogP contribution is 2.18. The average molecular weight is 271 g/mol. The van der Waals surface area contributed by atoms with Crippen molar-refractivity contribution in [2.75, 3.05) is 6.61 Å². The van der Waals surface area contributed by atoms with E-state index in [1.807, 2.05) is 6.92 Å². The fourth-order valence-corrected chi connectivity index (χ4v) is 2.42. The molecule has 0 radical (unpaired) electrons. The minimum absolute atomic E-state index is 0.154. The number of carboxylic acid groups (broad SMARTS) is 1. The van der Waals surface area contributed by atoms with Gasteiger partial charge in [-0.3, -0.25) is 4.79 Å². The topological polar surface area (TPSA) is 75.6 Å². The SMILES string of the molecule is CCC[C@](C)(NC(=O)CC[C@@H]1CCCCO1)C(=O)O. The van der Waals surface area contributed by atoms with E-state index in [9.17, 15) is 14.7 Å². The third kappa shape index (κ3) is 5.19. The molecule has 110 valence electrons. The summed E-state index contributed by atoms with van der Waals surface area (Å²) in [6.07, 6.45) is 5.55. The first-order valence-electron chi connectivity index (χ1n) is 7.14. The summed E-state index contributed by atoms with van der Waals surface area (Å²) in [7, 11) is 0. The van der Waals surface area contributed by atoms with Gasteiger partial charge < -0.3 is 15.2 Å². The van der Waals surface area contributed by atoms with Crippen LogP contribution < -0.4 is 5.32 Å². The van der Waals surface area contributed by atoms with E-state index in [0.29, 0.717) is 19.3 Å². The van der Waals surface area contributed by atoms with Crippen LogP contribution in [0.25, 0.3) is 0 Å². The maximum absolute atomic E-state index is 11.9. The number of hydrogen-bond acceptors (Lipinski definition) is 3. The van der Waals surface area contributed by atoms with Crippen LogP contribution >= 0.6 is 0 Å². The van der Waals surface area contributed by atoms with E-state index >= 15 is 0 Å². The molecule has 5 heteroatoms. The predicted octanol–water partition coefficient (Wildman–Crippen LogP) is 2.10. The molecule has 19 heavy (non-hydrogen) atoms. The molecule has 1 saturated heterocycles. The molecule has 0 unspecified atom stereocenters. The summed E-state index contributed by atoms with van der Waals surface area (Å²) < 4.78 is 5.56. The van der Waals surface area contributed by atoms with Gasteiger partial charge in [0.2, 0.25) is 5.91 Å². The monoisotopic (exact) mass is 271 g/mol. The third-order valence-electron chi connectivity index (χ3n) is 3.60. The van der Waals surface area contributed by atoms with Gasteiger partial charge in [-0.1, -0.05) is 13.3 Å². The summed E-state index contributed by atoms with van der Waals surface area (Å²) in [5.41, 5.74) is -1.15. The molecule has 1 aliphatic heterocycles. The van der Waals surface area contributed by atoms with Crippen molar-refractivity contribution in [1.82, 2.24) is 5.32 Å². The largest absolute Gasteiger partial charge is 0.480 e. The summed E-state index contributed by atoms with van der Waals surface area (Å²) in [5.74, 6) is -1.18. The van der Waals surface area contributed by atoms with Crippen molar-refractivity contribution in [1.29, 1.82) is 0 Å². The second-order valence-corrected chi connectivity index (χ2v) is 5.46. The van der Waals surface area contributed by atoms with Crippen LogP contribution in [0.4, 0.5) is 0 Å². The standard InChI is InChI=1S/C14H25NO4/c1-3-9-14(2,13(17)18)15-12(16)8-7-11-6-4-5-10-19-11/h11H,3-10H2,1-2H3,(H,15,16)(H,17,18)/t11-,14-/m0/s1. The van der Waals surface area contributed by atoms with E-state index in [1.54, 1.807) is 6.92 Å². The van der Waals surface area contributed by atoms with E-state index in [2.05, 4.69) is 5.32 Å². The van der Waals surface area contributed by atoms with Crippen LogP contribution in [0.5, 0.6) is 0 Å². The zero-order valence-electron chi connectivity index (χ0n) is 11.9. The number of aliphatic carboxylic acids is 1. The second-order valence-electron chi connectivity index (χ2n) is 5.46. The van der Waals surface area contributed by atoms with E-state index in [-0.39, 0.29) is 12.0 Å². The molecule has 0 aromatic carbocycles. The van der Waals surface area contributed by atoms with Crippen LogP contribution in [0, 0.1) is 0 Å². The lowest BCUT2D eigenvalue weighted by Crippen LogP contribution is -2.52. The average Bonchev–Trinajstić information content (AvgIpc) is 2.37. The smallest absolute Gasteiger partial charge is 0.329 e. The van der Waals surface area contributed by atoms with Crippen molar-refractivity contribution in [2.24, 2.45) is 0 Å². The minimum atomic E-state index is -1.15. The van der Waals surface area contributed by atoms with Crippen LogP contribution in [0.2, 0.25) is 0 Å². The van der Waals surface area contributed by atoms with Gasteiger partial charge in [0, 0.05) is 13.0 Å². The van der Waals surface area contributed by atoms with Crippen molar-refractivity contribution >= 4 is 11.9 Å². The molecule has 2 atom stereocenters. The highest BCUT2D eigenvalue weighted by Gasteiger charge is 2.33. The molecule has 0 aromatic heterocycles. The van der Waals surface area contributed by atoms with E-state index in [0.717, 1.165) is 32.3 Å². The van der Waals surface area contributed by atoms with Crippen LogP contribution in [0.15, 0.2) is 0 Å². The van der Waals surface area contributed by atoms with E-state index < -0.39 is 11.5 Å². The molecule has 0 saturated carbocycles. The first kappa shape index (κ1) is 16.0. The van der Waals surface area contributed by atoms with Gasteiger partial charge in [0.15, 0.2) is 0 Å². The molecule has 2 N–H and O–H groups in total. The van der Waals surface area contributed by atoms with Crippen molar-refractivity contribution in [3.05, 3.63) is 0 Å².